The van der Waals surface area contributed by atoms with Crippen molar-refractivity contribution in [1.29, 1.82) is 0 Å². The minimum atomic E-state index is -3.55. The summed E-state index contributed by atoms with van der Waals surface area (Å²) in [5.74, 6) is -0.210. The van der Waals surface area contributed by atoms with Crippen LogP contribution in [0.5, 0.6) is 0 Å². The summed E-state index contributed by atoms with van der Waals surface area (Å²) < 4.78 is 27.7. The number of carbonyl (C=O) groups excluding carboxylic acids is 1. The van der Waals surface area contributed by atoms with E-state index in [1.807, 2.05) is 0 Å². The average Bonchev–Trinajstić information content (AvgIpc) is 2.64. The Kier molecular flexibility index (Phi) is 6.18. The van der Waals surface area contributed by atoms with Crippen LogP contribution in [0, 0.1) is 0 Å². The summed E-state index contributed by atoms with van der Waals surface area (Å²) in [5.41, 5.74) is 0. The largest absolute Gasteiger partial charge is 0.348 e. The lowest BCUT2D eigenvalue weighted by Crippen LogP contribution is -2.48. The summed E-state index contributed by atoms with van der Waals surface area (Å²) >= 11 is 0. The van der Waals surface area contributed by atoms with Crippen LogP contribution in [-0.4, -0.2) is 81.2 Å². The molecule has 0 aromatic rings. The molecule has 1 aliphatic rings. The van der Waals surface area contributed by atoms with Gasteiger partial charge in [0.05, 0.1) is 6.54 Å². The second kappa shape index (κ2) is 7.18. The first-order chi connectivity index (χ1) is 8.89. The van der Waals surface area contributed by atoms with Crippen molar-refractivity contribution in [3.8, 4) is 0 Å². The number of nitrogens with zero attached hydrogens (tertiary/aromatic N) is 3. The Labute approximate surface area is 115 Å². The fourth-order valence-corrected chi connectivity index (χ4v) is 3.47. The molecular formula is C11H24N4O3S. The van der Waals surface area contributed by atoms with Crippen LogP contribution in [0.4, 0.5) is 0 Å². The maximum atomic E-state index is 12.5. The molecule has 0 saturated carbocycles. The van der Waals surface area contributed by atoms with E-state index in [9.17, 15) is 13.2 Å². The van der Waals surface area contributed by atoms with Gasteiger partial charge < -0.3 is 10.2 Å². The first-order valence-electron chi connectivity index (χ1n) is 6.55. The van der Waals surface area contributed by atoms with Crippen molar-refractivity contribution in [2.24, 2.45) is 0 Å². The van der Waals surface area contributed by atoms with Crippen LogP contribution in [0.15, 0.2) is 0 Å². The quantitative estimate of drug-likeness (QED) is 0.701. The molecule has 0 aromatic carbocycles. The van der Waals surface area contributed by atoms with Gasteiger partial charge in [0.2, 0.25) is 5.91 Å². The van der Waals surface area contributed by atoms with E-state index in [-0.39, 0.29) is 12.5 Å². The van der Waals surface area contributed by atoms with Gasteiger partial charge in [0, 0.05) is 40.3 Å². The van der Waals surface area contributed by atoms with Gasteiger partial charge >= 0.3 is 0 Å². The van der Waals surface area contributed by atoms with Crippen LogP contribution in [0.1, 0.15) is 13.3 Å². The SMILES string of the molecule is CCN(CC(=O)N(C)C)S(=O)(=O)N1CCCNCC1. The third-order valence-corrected chi connectivity index (χ3v) is 5.17. The molecule has 1 aliphatic heterocycles. The van der Waals surface area contributed by atoms with Crippen molar-refractivity contribution in [3.05, 3.63) is 0 Å². The van der Waals surface area contributed by atoms with Gasteiger partial charge in [-0.1, -0.05) is 6.92 Å². The Morgan fingerprint density at radius 1 is 1.26 bits per heavy atom. The molecule has 1 rings (SSSR count). The van der Waals surface area contributed by atoms with E-state index in [2.05, 4.69) is 5.32 Å². The molecular weight excluding hydrogens is 268 g/mol. The summed E-state index contributed by atoms with van der Waals surface area (Å²) in [7, 11) is -0.300. The van der Waals surface area contributed by atoms with Crippen molar-refractivity contribution in [1.82, 2.24) is 18.8 Å². The van der Waals surface area contributed by atoms with Crippen LogP contribution >= 0.6 is 0 Å². The van der Waals surface area contributed by atoms with E-state index >= 15 is 0 Å². The summed E-state index contributed by atoms with van der Waals surface area (Å²) in [4.78, 5) is 13.1. The van der Waals surface area contributed by atoms with E-state index in [4.69, 9.17) is 0 Å². The lowest BCUT2D eigenvalue weighted by molar-refractivity contribution is -0.128. The molecule has 1 amide bonds. The number of nitrogens with one attached hydrogen (secondary N) is 1. The highest BCUT2D eigenvalue weighted by Gasteiger charge is 2.30. The topological polar surface area (TPSA) is 73.0 Å². The van der Waals surface area contributed by atoms with E-state index < -0.39 is 10.2 Å². The smallest absolute Gasteiger partial charge is 0.282 e. The van der Waals surface area contributed by atoms with Gasteiger partial charge in [0.1, 0.15) is 0 Å². The minimum Gasteiger partial charge on any atom is -0.348 e. The van der Waals surface area contributed by atoms with Gasteiger partial charge in [-0.25, -0.2) is 0 Å². The monoisotopic (exact) mass is 292 g/mol. The average molecular weight is 292 g/mol. The Balaban J connectivity index is 2.79. The zero-order chi connectivity index (χ0) is 14.5. The Hall–Kier alpha value is -0.700. The van der Waals surface area contributed by atoms with Crippen molar-refractivity contribution >= 4 is 16.1 Å². The van der Waals surface area contributed by atoms with Crippen LogP contribution < -0.4 is 5.32 Å². The predicted octanol–water partition coefficient (Wildman–Crippen LogP) is -1.06. The molecule has 0 unspecified atom stereocenters. The number of carbonyl (C=O) groups is 1. The zero-order valence-electron chi connectivity index (χ0n) is 11.9. The van der Waals surface area contributed by atoms with Crippen LogP contribution in [0.2, 0.25) is 0 Å². The van der Waals surface area contributed by atoms with Gasteiger partial charge in [-0.3, -0.25) is 4.79 Å². The summed E-state index contributed by atoms with van der Waals surface area (Å²) in [5, 5.41) is 3.17. The van der Waals surface area contributed by atoms with Crippen molar-refractivity contribution < 1.29 is 13.2 Å². The summed E-state index contributed by atoms with van der Waals surface area (Å²) in [6.45, 7) is 4.38. The van der Waals surface area contributed by atoms with Gasteiger partial charge in [-0.15, -0.1) is 0 Å². The molecule has 0 radical (unpaired) electrons. The van der Waals surface area contributed by atoms with Crippen molar-refractivity contribution in [3.63, 3.8) is 0 Å². The molecule has 0 atom stereocenters. The first-order valence-corrected chi connectivity index (χ1v) is 7.95. The molecule has 0 spiro atoms. The third-order valence-electron chi connectivity index (χ3n) is 3.11. The van der Waals surface area contributed by atoms with E-state index in [0.717, 1.165) is 13.0 Å². The standard InChI is InChI=1S/C11H24N4O3S/c1-4-14(10-11(16)13(2)3)19(17,18)15-8-5-6-12-7-9-15/h12H,4-10H2,1-3H3. The summed E-state index contributed by atoms with van der Waals surface area (Å²) in [6.07, 6.45) is 0.790. The van der Waals surface area contributed by atoms with E-state index in [1.165, 1.54) is 13.5 Å². The van der Waals surface area contributed by atoms with Crippen molar-refractivity contribution in [2.75, 3.05) is 53.4 Å². The molecule has 0 bridgehead atoms. The lowest BCUT2D eigenvalue weighted by Gasteiger charge is -2.28. The van der Waals surface area contributed by atoms with E-state index in [1.54, 1.807) is 21.0 Å². The lowest BCUT2D eigenvalue weighted by atomic mass is 10.4. The minimum absolute atomic E-state index is 0.101. The first kappa shape index (κ1) is 16.4. The Bertz CT molecular complexity index is 389. The highest BCUT2D eigenvalue weighted by Crippen LogP contribution is 2.10. The highest BCUT2D eigenvalue weighted by atomic mass is 32.2. The van der Waals surface area contributed by atoms with Crippen LogP contribution in [0.25, 0.3) is 0 Å². The molecule has 1 saturated heterocycles. The molecule has 7 nitrogen and oxygen atoms in total. The molecule has 1 fully saturated rings. The second-order valence-corrected chi connectivity index (χ2v) is 6.65. The normalized spacial score (nSPS) is 18.3. The fourth-order valence-electron chi connectivity index (χ4n) is 1.86. The van der Waals surface area contributed by atoms with Crippen molar-refractivity contribution in [2.45, 2.75) is 13.3 Å². The summed E-state index contributed by atoms with van der Waals surface area (Å²) in [6, 6.07) is 0. The fraction of sp³-hybridized carbons (Fsp3) is 0.909. The Morgan fingerprint density at radius 3 is 2.53 bits per heavy atom. The van der Waals surface area contributed by atoms with Gasteiger partial charge in [-0.05, 0) is 13.0 Å². The molecule has 19 heavy (non-hydrogen) atoms. The Morgan fingerprint density at radius 2 is 1.95 bits per heavy atom. The zero-order valence-corrected chi connectivity index (χ0v) is 12.7. The van der Waals surface area contributed by atoms with Gasteiger partial charge in [-0.2, -0.15) is 17.0 Å². The molecule has 0 aliphatic carbocycles. The maximum Gasteiger partial charge on any atom is 0.282 e. The molecule has 0 aromatic heterocycles. The van der Waals surface area contributed by atoms with Crippen LogP contribution in [-0.2, 0) is 15.0 Å². The maximum absolute atomic E-state index is 12.5. The van der Waals surface area contributed by atoms with Crippen LogP contribution in [0.3, 0.4) is 0 Å². The second-order valence-electron chi connectivity index (χ2n) is 4.72. The van der Waals surface area contributed by atoms with Gasteiger partial charge in [0.15, 0.2) is 0 Å². The number of hydrogen-bond donors (Lipinski definition) is 1. The highest BCUT2D eigenvalue weighted by molar-refractivity contribution is 7.86. The van der Waals surface area contributed by atoms with E-state index in [0.29, 0.717) is 26.2 Å². The number of rotatable bonds is 5. The molecule has 1 heterocycles. The number of likely N-dealkylation sites (N-methyl/N-ethyl adjacent to an activating group) is 2. The van der Waals surface area contributed by atoms with Gasteiger partial charge in [0.25, 0.3) is 10.2 Å². The third kappa shape index (κ3) is 4.41. The predicted molar refractivity (Wildman–Crippen MR) is 73.9 cm³/mol. The number of hydrogen-bond acceptors (Lipinski definition) is 4. The molecule has 8 heteroatoms. The molecule has 112 valence electrons. The molecule has 1 N–H and O–H groups in total. The number of amides is 1.